The van der Waals surface area contributed by atoms with Crippen LogP contribution in [0.3, 0.4) is 0 Å². The van der Waals surface area contributed by atoms with Gasteiger partial charge in [0.1, 0.15) is 13.2 Å². The highest BCUT2D eigenvalue weighted by Gasteiger charge is 2.38. The maximum Gasteiger partial charge on any atom is 0.293 e. The second-order valence-electron chi connectivity index (χ2n) is 10.1. The van der Waals surface area contributed by atoms with Crippen molar-refractivity contribution in [1.82, 2.24) is 4.90 Å². The second-order valence-corrected chi connectivity index (χ2v) is 10.1. The number of nitrogens with zero attached hydrogens (tertiary/aromatic N) is 1. The molecule has 1 saturated carbocycles. The number of hydrogen-bond donors (Lipinski definition) is 0. The van der Waals surface area contributed by atoms with Crippen LogP contribution in [0, 0.1) is 17.8 Å². The summed E-state index contributed by atoms with van der Waals surface area (Å²) < 4.78 is 44.1. The van der Waals surface area contributed by atoms with Crippen LogP contribution in [0.4, 0.5) is 8.78 Å². The van der Waals surface area contributed by atoms with E-state index in [2.05, 4.69) is 46.4 Å². The number of ether oxygens (including phenoxy) is 3. The van der Waals surface area contributed by atoms with E-state index in [0.717, 1.165) is 25.9 Å². The van der Waals surface area contributed by atoms with E-state index < -0.39 is 19.1 Å². The summed E-state index contributed by atoms with van der Waals surface area (Å²) in [5.74, 6) is -1.05. The Labute approximate surface area is 170 Å². The SMILES string of the molecule is CC(C)[C@H](C)C1CC(OCC(F)(F)COCCCOC2CN(C(C)(C)C)C2)C1. The lowest BCUT2D eigenvalue weighted by molar-refractivity contribution is -0.159. The van der Waals surface area contributed by atoms with Crippen molar-refractivity contribution < 1.29 is 23.0 Å². The van der Waals surface area contributed by atoms with E-state index >= 15 is 0 Å². The molecule has 1 aliphatic carbocycles. The molecule has 1 saturated heterocycles. The number of hydrogen-bond acceptors (Lipinski definition) is 4. The fourth-order valence-corrected chi connectivity index (χ4v) is 3.72. The molecule has 0 spiro atoms. The number of rotatable bonds is 12. The molecular weight excluding hydrogens is 364 g/mol. The smallest absolute Gasteiger partial charge is 0.293 e. The first kappa shape index (κ1) is 24.0. The Morgan fingerprint density at radius 3 is 2.14 bits per heavy atom. The molecule has 2 fully saturated rings. The predicted octanol–water partition coefficient (Wildman–Crippen LogP) is 4.62. The minimum absolute atomic E-state index is 0.0133. The van der Waals surface area contributed by atoms with Crippen molar-refractivity contribution in [3.05, 3.63) is 0 Å². The van der Waals surface area contributed by atoms with E-state index in [9.17, 15) is 8.78 Å². The third-order valence-corrected chi connectivity index (χ3v) is 6.35. The van der Waals surface area contributed by atoms with Crippen LogP contribution in [0.2, 0.25) is 0 Å². The maximum atomic E-state index is 13.9. The van der Waals surface area contributed by atoms with Crippen LogP contribution in [0.15, 0.2) is 0 Å². The van der Waals surface area contributed by atoms with Crippen LogP contribution >= 0.6 is 0 Å². The van der Waals surface area contributed by atoms with Crippen molar-refractivity contribution >= 4 is 0 Å². The molecule has 0 amide bonds. The summed E-state index contributed by atoms with van der Waals surface area (Å²) in [5.41, 5.74) is 0.184. The molecule has 1 atom stereocenters. The molecule has 0 bridgehead atoms. The van der Waals surface area contributed by atoms with Gasteiger partial charge in [-0.2, -0.15) is 0 Å². The van der Waals surface area contributed by atoms with Gasteiger partial charge in [-0.25, -0.2) is 8.78 Å². The first-order chi connectivity index (χ1) is 13.0. The quantitative estimate of drug-likeness (QED) is 0.444. The van der Waals surface area contributed by atoms with Crippen molar-refractivity contribution in [2.24, 2.45) is 17.8 Å². The Hall–Kier alpha value is -0.300. The maximum absolute atomic E-state index is 13.9. The number of likely N-dealkylation sites (tertiary alicyclic amines) is 1. The molecule has 0 radical (unpaired) electrons. The summed E-state index contributed by atoms with van der Waals surface area (Å²) >= 11 is 0. The van der Waals surface area contributed by atoms with Gasteiger partial charge in [0.05, 0.1) is 12.2 Å². The summed E-state index contributed by atoms with van der Waals surface area (Å²) in [6.45, 7) is 14.9. The summed E-state index contributed by atoms with van der Waals surface area (Å²) in [6.07, 6.45) is 2.70. The highest BCUT2D eigenvalue weighted by atomic mass is 19.3. The normalized spacial score (nSPS) is 25.6. The molecule has 2 aliphatic rings. The molecule has 6 heteroatoms. The van der Waals surface area contributed by atoms with E-state index in [1.54, 1.807) is 0 Å². The summed E-state index contributed by atoms with van der Waals surface area (Å²) in [5, 5.41) is 0. The van der Waals surface area contributed by atoms with E-state index in [4.69, 9.17) is 14.2 Å². The van der Waals surface area contributed by atoms with Gasteiger partial charge in [-0.3, -0.25) is 4.90 Å². The molecule has 0 aromatic carbocycles. The van der Waals surface area contributed by atoms with Gasteiger partial charge >= 0.3 is 0 Å². The zero-order valence-electron chi connectivity index (χ0n) is 18.7. The molecule has 2 rings (SSSR count). The molecule has 1 aliphatic heterocycles. The Morgan fingerprint density at radius 1 is 0.929 bits per heavy atom. The average Bonchev–Trinajstić information content (AvgIpc) is 2.48. The first-order valence-corrected chi connectivity index (χ1v) is 10.9. The van der Waals surface area contributed by atoms with Crippen LogP contribution in [0.5, 0.6) is 0 Å². The largest absolute Gasteiger partial charge is 0.375 e. The third-order valence-electron chi connectivity index (χ3n) is 6.35. The van der Waals surface area contributed by atoms with Gasteiger partial charge in [-0.05, 0) is 57.8 Å². The third kappa shape index (κ3) is 7.51. The van der Waals surface area contributed by atoms with Crippen molar-refractivity contribution in [2.75, 3.05) is 39.5 Å². The van der Waals surface area contributed by atoms with Crippen LogP contribution in [0.25, 0.3) is 0 Å². The Kier molecular flexibility index (Phi) is 8.68. The lowest BCUT2D eigenvalue weighted by Gasteiger charge is -2.47. The fourth-order valence-electron chi connectivity index (χ4n) is 3.72. The predicted molar refractivity (Wildman–Crippen MR) is 108 cm³/mol. The van der Waals surface area contributed by atoms with E-state index in [0.29, 0.717) is 37.4 Å². The van der Waals surface area contributed by atoms with Crippen LogP contribution < -0.4 is 0 Å². The van der Waals surface area contributed by atoms with Crippen molar-refractivity contribution in [1.29, 1.82) is 0 Å². The van der Waals surface area contributed by atoms with Crippen LogP contribution in [0.1, 0.15) is 60.8 Å². The first-order valence-electron chi connectivity index (χ1n) is 10.9. The van der Waals surface area contributed by atoms with Crippen LogP contribution in [-0.4, -0.2) is 68.1 Å². The van der Waals surface area contributed by atoms with Crippen LogP contribution in [-0.2, 0) is 14.2 Å². The lowest BCUT2D eigenvalue weighted by Crippen LogP contribution is -2.59. The zero-order chi connectivity index (χ0) is 20.9. The lowest BCUT2D eigenvalue weighted by atomic mass is 9.70. The summed E-state index contributed by atoms with van der Waals surface area (Å²) in [4.78, 5) is 2.36. The molecule has 1 heterocycles. The van der Waals surface area contributed by atoms with Crippen molar-refractivity contribution in [2.45, 2.75) is 84.5 Å². The Morgan fingerprint density at radius 2 is 1.57 bits per heavy atom. The summed E-state index contributed by atoms with van der Waals surface area (Å²) in [6, 6.07) is 0. The van der Waals surface area contributed by atoms with Gasteiger partial charge in [0.2, 0.25) is 0 Å². The van der Waals surface area contributed by atoms with E-state index in [1.165, 1.54) is 0 Å². The molecule has 28 heavy (non-hydrogen) atoms. The minimum atomic E-state index is -2.92. The highest BCUT2D eigenvalue weighted by molar-refractivity contribution is 4.89. The highest BCUT2D eigenvalue weighted by Crippen LogP contribution is 2.39. The molecule has 0 unspecified atom stereocenters. The molecule has 0 aromatic heterocycles. The van der Waals surface area contributed by atoms with Gasteiger partial charge in [-0.15, -0.1) is 0 Å². The zero-order valence-corrected chi connectivity index (χ0v) is 18.7. The monoisotopic (exact) mass is 405 g/mol. The summed E-state index contributed by atoms with van der Waals surface area (Å²) in [7, 11) is 0. The van der Waals surface area contributed by atoms with E-state index in [-0.39, 0.29) is 17.7 Å². The van der Waals surface area contributed by atoms with Gasteiger partial charge in [0.25, 0.3) is 5.92 Å². The number of alkyl halides is 2. The number of halogens is 2. The molecule has 4 nitrogen and oxygen atoms in total. The fraction of sp³-hybridized carbons (Fsp3) is 1.00. The molecular formula is C22H41F2NO3. The van der Waals surface area contributed by atoms with Gasteiger partial charge in [-0.1, -0.05) is 20.8 Å². The van der Waals surface area contributed by atoms with Crippen molar-refractivity contribution in [3.63, 3.8) is 0 Å². The van der Waals surface area contributed by atoms with Gasteiger partial charge < -0.3 is 14.2 Å². The van der Waals surface area contributed by atoms with Gasteiger partial charge in [0, 0.05) is 31.8 Å². The average molecular weight is 406 g/mol. The second kappa shape index (κ2) is 10.1. The molecule has 166 valence electrons. The minimum Gasteiger partial charge on any atom is -0.375 e. The molecule has 0 N–H and O–H groups in total. The van der Waals surface area contributed by atoms with Crippen molar-refractivity contribution in [3.8, 4) is 0 Å². The van der Waals surface area contributed by atoms with E-state index in [1.807, 2.05) is 0 Å². The van der Waals surface area contributed by atoms with Gasteiger partial charge in [0.15, 0.2) is 0 Å². The standard InChI is InChI=1S/C22H41F2NO3/c1-16(2)17(3)18-10-19(11-18)28-15-22(23,24)14-26-8-7-9-27-20-12-25(13-20)21(4,5)6/h16-20H,7-15H2,1-6H3/t17-,18?,19?/m0/s1. The Balaban J connectivity index is 1.45. The Bertz CT molecular complexity index is 455. The topological polar surface area (TPSA) is 30.9 Å². The molecule has 0 aromatic rings.